The number of ether oxygens (including phenoxy) is 2. The van der Waals surface area contributed by atoms with Gasteiger partial charge in [0, 0.05) is 0 Å². The minimum absolute atomic E-state index is 0.000739. The number of halogens is 2. The Hall–Kier alpha value is -2.98. The third kappa shape index (κ3) is 6.91. The Balaban J connectivity index is 1.51. The maximum Gasteiger partial charge on any atom is 0.283 e. The summed E-state index contributed by atoms with van der Waals surface area (Å²) in [5, 5.41) is 16.0. The summed E-state index contributed by atoms with van der Waals surface area (Å²) < 4.78 is 25.6. The number of aliphatic imine (C=N–C) groups is 1. The second-order valence-electron chi connectivity index (χ2n) is 8.86. The minimum atomic E-state index is -0.473. The molecule has 0 fully saturated rings. The van der Waals surface area contributed by atoms with E-state index in [0.29, 0.717) is 33.3 Å². The fourth-order valence-electron chi connectivity index (χ4n) is 3.99. The van der Waals surface area contributed by atoms with E-state index in [1.807, 2.05) is 6.92 Å². The molecule has 0 aromatic heterocycles. The third-order valence-electron chi connectivity index (χ3n) is 5.93. The van der Waals surface area contributed by atoms with Crippen LogP contribution in [-0.2, 0) is 11.4 Å². The molecular weight excluding hydrogens is 571 g/mol. The Morgan fingerprint density at radius 1 is 1.11 bits per heavy atom. The first kappa shape index (κ1) is 28.0. The SMILES string of the molecule is CCCCCCCC1=NN2C(=N)C(=Cc3cc(Br)c(OCc4ccc(F)cc4)c(OCC)c3)C(=O)N=C2S1. The van der Waals surface area contributed by atoms with E-state index in [9.17, 15) is 9.18 Å². The molecule has 0 aliphatic carbocycles. The number of amidine groups is 2. The van der Waals surface area contributed by atoms with Crippen LogP contribution in [0.3, 0.4) is 0 Å². The molecule has 2 aliphatic rings. The highest BCUT2D eigenvalue weighted by molar-refractivity contribution is 9.10. The first-order valence-electron chi connectivity index (χ1n) is 12.7. The predicted octanol–water partition coefficient (Wildman–Crippen LogP) is 7.55. The van der Waals surface area contributed by atoms with Crippen molar-refractivity contribution in [1.82, 2.24) is 5.01 Å². The molecule has 0 radical (unpaired) electrons. The van der Waals surface area contributed by atoms with E-state index >= 15 is 0 Å². The standard InChI is InChI=1S/C28H30BrFN4O3S/c1-3-5-6-7-8-9-24-33-34-26(31)21(27(35)32-28(34)38-24)14-19-15-22(29)25(23(16-19)36-4-2)37-17-18-10-12-20(30)13-11-18/h10-16,31H,3-9,17H2,1-2H3. The van der Waals surface area contributed by atoms with Crippen LogP contribution in [0.15, 0.2) is 56.5 Å². The van der Waals surface area contributed by atoms with Crippen molar-refractivity contribution in [1.29, 1.82) is 5.41 Å². The van der Waals surface area contributed by atoms with Crippen LogP contribution >= 0.6 is 27.7 Å². The number of carbonyl (C=O) groups excluding carboxylic acids is 1. The number of unbranched alkanes of at least 4 members (excludes halogenated alkanes) is 4. The first-order valence-corrected chi connectivity index (χ1v) is 14.3. The van der Waals surface area contributed by atoms with Crippen LogP contribution in [-0.4, -0.2) is 33.6 Å². The monoisotopic (exact) mass is 600 g/mol. The summed E-state index contributed by atoms with van der Waals surface area (Å²) in [6.07, 6.45) is 8.23. The van der Waals surface area contributed by atoms with Crippen LogP contribution in [0.4, 0.5) is 4.39 Å². The van der Waals surface area contributed by atoms with Gasteiger partial charge in [-0.3, -0.25) is 10.2 Å². The van der Waals surface area contributed by atoms with Gasteiger partial charge in [-0.2, -0.15) is 15.1 Å². The van der Waals surface area contributed by atoms with Crippen molar-refractivity contribution in [2.45, 2.75) is 59.0 Å². The van der Waals surface area contributed by atoms with Gasteiger partial charge in [-0.1, -0.05) is 44.7 Å². The summed E-state index contributed by atoms with van der Waals surface area (Å²) in [6.45, 7) is 4.69. The molecule has 0 atom stereocenters. The molecule has 2 heterocycles. The smallest absolute Gasteiger partial charge is 0.283 e. The maximum atomic E-state index is 13.2. The zero-order valence-corrected chi connectivity index (χ0v) is 23.8. The quantitative estimate of drug-likeness (QED) is 0.201. The summed E-state index contributed by atoms with van der Waals surface area (Å²) in [6, 6.07) is 9.64. The molecule has 2 aliphatic heterocycles. The number of carbonyl (C=O) groups is 1. The largest absolute Gasteiger partial charge is 0.490 e. The van der Waals surface area contributed by atoms with E-state index in [1.54, 1.807) is 30.3 Å². The Bertz CT molecular complexity index is 1290. The number of fused-ring (bicyclic) bond motifs is 1. The number of hydrogen-bond donors (Lipinski definition) is 1. The number of rotatable bonds is 12. The summed E-state index contributed by atoms with van der Waals surface area (Å²) in [5.41, 5.74) is 1.61. The van der Waals surface area contributed by atoms with Crippen molar-refractivity contribution < 1.29 is 18.7 Å². The molecule has 0 unspecified atom stereocenters. The van der Waals surface area contributed by atoms with E-state index in [4.69, 9.17) is 14.9 Å². The highest BCUT2D eigenvalue weighted by atomic mass is 79.9. The Morgan fingerprint density at radius 2 is 1.87 bits per heavy atom. The third-order valence-corrected chi connectivity index (χ3v) is 7.49. The number of nitrogens with zero attached hydrogens (tertiary/aromatic N) is 3. The molecule has 2 aromatic carbocycles. The number of hydrogen-bond acceptors (Lipinski definition) is 6. The van der Waals surface area contributed by atoms with Gasteiger partial charge < -0.3 is 9.47 Å². The van der Waals surface area contributed by atoms with Crippen LogP contribution in [0.1, 0.15) is 63.5 Å². The van der Waals surface area contributed by atoms with Gasteiger partial charge >= 0.3 is 0 Å². The minimum Gasteiger partial charge on any atom is -0.490 e. The van der Waals surface area contributed by atoms with Crippen LogP contribution < -0.4 is 9.47 Å². The number of thioether (sulfide) groups is 1. The van der Waals surface area contributed by atoms with E-state index in [-0.39, 0.29) is 23.8 Å². The van der Waals surface area contributed by atoms with E-state index < -0.39 is 5.91 Å². The molecule has 0 saturated heterocycles. The van der Waals surface area contributed by atoms with Gasteiger partial charge in [0.1, 0.15) is 17.5 Å². The average Bonchev–Trinajstić information content (AvgIpc) is 3.30. The molecule has 0 spiro atoms. The van der Waals surface area contributed by atoms with Crippen molar-refractivity contribution in [2.75, 3.05) is 6.61 Å². The molecule has 1 N–H and O–H groups in total. The number of nitrogens with one attached hydrogen (secondary N) is 1. The van der Waals surface area contributed by atoms with Gasteiger partial charge in [0.05, 0.1) is 16.7 Å². The molecule has 7 nitrogen and oxygen atoms in total. The van der Waals surface area contributed by atoms with Crippen LogP contribution in [0.25, 0.3) is 6.08 Å². The first-order chi connectivity index (χ1) is 18.4. The van der Waals surface area contributed by atoms with Gasteiger partial charge in [-0.25, -0.2) is 4.39 Å². The lowest BCUT2D eigenvalue weighted by molar-refractivity contribution is -0.114. The second-order valence-corrected chi connectivity index (χ2v) is 10.8. The van der Waals surface area contributed by atoms with E-state index in [1.165, 1.54) is 48.2 Å². The van der Waals surface area contributed by atoms with Gasteiger partial charge in [0.25, 0.3) is 5.91 Å². The molecule has 200 valence electrons. The summed E-state index contributed by atoms with van der Waals surface area (Å²) >= 11 is 4.91. The Labute approximate surface area is 234 Å². The molecule has 38 heavy (non-hydrogen) atoms. The summed E-state index contributed by atoms with van der Waals surface area (Å²) in [7, 11) is 0. The zero-order chi connectivity index (χ0) is 27.1. The normalized spacial score (nSPS) is 16.0. The van der Waals surface area contributed by atoms with Gasteiger partial charge in [-0.05, 0) is 88.9 Å². The zero-order valence-electron chi connectivity index (χ0n) is 21.4. The highest BCUT2D eigenvalue weighted by Gasteiger charge is 2.35. The molecular formula is C28H30BrFN4O3S. The lowest BCUT2D eigenvalue weighted by Gasteiger charge is -2.20. The summed E-state index contributed by atoms with van der Waals surface area (Å²) in [4.78, 5) is 17.1. The number of amides is 1. The topological polar surface area (TPSA) is 87.3 Å². The molecule has 1 amide bonds. The van der Waals surface area contributed by atoms with Gasteiger partial charge in [0.2, 0.25) is 5.17 Å². The predicted molar refractivity (Wildman–Crippen MR) is 154 cm³/mol. The van der Waals surface area contributed by atoms with Crippen molar-refractivity contribution in [2.24, 2.45) is 10.1 Å². The van der Waals surface area contributed by atoms with Crippen LogP contribution in [0, 0.1) is 11.2 Å². The lowest BCUT2D eigenvalue weighted by atomic mass is 10.1. The van der Waals surface area contributed by atoms with E-state index in [0.717, 1.165) is 29.9 Å². The summed E-state index contributed by atoms with van der Waals surface area (Å²) in [5.74, 6) is 0.194. The van der Waals surface area contributed by atoms with Crippen LogP contribution in [0.5, 0.6) is 11.5 Å². The fourth-order valence-corrected chi connectivity index (χ4v) is 5.49. The molecule has 10 heteroatoms. The van der Waals surface area contributed by atoms with Gasteiger partial charge in [-0.15, -0.1) is 0 Å². The van der Waals surface area contributed by atoms with Crippen molar-refractivity contribution >= 4 is 55.7 Å². The molecule has 0 bridgehead atoms. The Kier molecular flexibility index (Phi) is 9.74. The van der Waals surface area contributed by atoms with Crippen LogP contribution in [0.2, 0.25) is 0 Å². The Morgan fingerprint density at radius 3 is 2.61 bits per heavy atom. The van der Waals surface area contributed by atoms with Gasteiger partial charge in [0.15, 0.2) is 17.3 Å². The highest BCUT2D eigenvalue weighted by Crippen LogP contribution is 2.39. The van der Waals surface area contributed by atoms with Crippen molar-refractivity contribution in [3.63, 3.8) is 0 Å². The molecule has 0 saturated carbocycles. The average molecular weight is 602 g/mol. The number of benzene rings is 2. The fraction of sp³-hybridized carbons (Fsp3) is 0.357. The second kappa shape index (κ2) is 13.2. The van der Waals surface area contributed by atoms with E-state index in [2.05, 4.69) is 32.9 Å². The lowest BCUT2D eigenvalue weighted by Crippen LogP contribution is -2.35. The number of hydrazone groups is 1. The maximum absolute atomic E-state index is 13.2. The van der Waals surface area contributed by atoms with Crippen molar-refractivity contribution in [3.8, 4) is 11.5 Å². The van der Waals surface area contributed by atoms with Crippen molar-refractivity contribution in [3.05, 3.63) is 63.4 Å². The molecule has 2 aromatic rings. The molecule has 4 rings (SSSR count).